The highest BCUT2D eigenvalue weighted by molar-refractivity contribution is 5.75. The smallest absolute Gasteiger partial charge is 0.315 e. The van der Waals surface area contributed by atoms with Crippen molar-refractivity contribution in [2.45, 2.75) is 44.2 Å². The molecule has 0 aromatic carbocycles. The van der Waals surface area contributed by atoms with Crippen molar-refractivity contribution < 1.29 is 4.79 Å². The van der Waals surface area contributed by atoms with Gasteiger partial charge in [0.05, 0.1) is 6.20 Å². The molecule has 86 valence electrons. The first-order valence-electron chi connectivity index (χ1n) is 5.89. The van der Waals surface area contributed by atoms with Crippen molar-refractivity contribution in [1.82, 2.24) is 20.8 Å². The number of urea groups is 1. The number of aromatic nitrogens is 2. The molecule has 1 fully saturated rings. The number of carbonyl (C=O) groups excluding carboxylic acids is 1. The second-order valence-corrected chi connectivity index (χ2v) is 4.71. The number of nitrogens with one attached hydrogen (secondary N) is 3. The zero-order chi connectivity index (χ0) is 11.0. The topological polar surface area (TPSA) is 69.8 Å². The molecule has 0 radical (unpaired) electrons. The molecule has 0 bridgehead atoms. The van der Waals surface area contributed by atoms with E-state index in [4.69, 9.17) is 0 Å². The first-order chi connectivity index (χ1) is 7.81. The Bertz CT molecular complexity index is 396. The molecule has 0 saturated heterocycles. The Morgan fingerprint density at radius 3 is 2.94 bits per heavy atom. The van der Waals surface area contributed by atoms with Gasteiger partial charge in [-0.25, -0.2) is 4.79 Å². The van der Waals surface area contributed by atoms with Gasteiger partial charge in [-0.05, 0) is 31.2 Å². The van der Waals surface area contributed by atoms with Crippen LogP contribution in [0.15, 0.2) is 6.20 Å². The zero-order valence-electron chi connectivity index (χ0n) is 9.12. The highest BCUT2D eigenvalue weighted by Crippen LogP contribution is 2.20. The Labute approximate surface area is 94.0 Å². The highest BCUT2D eigenvalue weighted by Gasteiger charge is 2.26. The SMILES string of the molecule is O=C(NC1CC1)NC1CCc2cn[nH]c2C1. The summed E-state index contributed by atoms with van der Waals surface area (Å²) in [5.74, 6) is 0. The molecule has 1 aromatic heterocycles. The van der Waals surface area contributed by atoms with Gasteiger partial charge in [0.1, 0.15) is 0 Å². The second-order valence-electron chi connectivity index (χ2n) is 4.71. The van der Waals surface area contributed by atoms with Crippen LogP contribution in [0.2, 0.25) is 0 Å². The van der Waals surface area contributed by atoms with E-state index < -0.39 is 0 Å². The number of hydrogen-bond donors (Lipinski definition) is 3. The lowest BCUT2D eigenvalue weighted by Crippen LogP contribution is -2.45. The fraction of sp³-hybridized carbons (Fsp3) is 0.636. The quantitative estimate of drug-likeness (QED) is 0.687. The van der Waals surface area contributed by atoms with E-state index in [1.165, 1.54) is 11.3 Å². The molecule has 1 aromatic rings. The molecule has 1 atom stereocenters. The molecule has 3 N–H and O–H groups in total. The van der Waals surface area contributed by atoms with Crippen molar-refractivity contribution in [2.24, 2.45) is 0 Å². The van der Waals surface area contributed by atoms with Crippen LogP contribution in [-0.4, -0.2) is 28.3 Å². The van der Waals surface area contributed by atoms with Crippen LogP contribution < -0.4 is 10.6 Å². The van der Waals surface area contributed by atoms with Gasteiger partial charge in [0.25, 0.3) is 0 Å². The number of carbonyl (C=O) groups is 1. The van der Waals surface area contributed by atoms with E-state index in [9.17, 15) is 4.79 Å². The largest absolute Gasteiger partial charge is 0.335 e. The van der Waals surface area contributed by atoms with Crippen LogP contribution in [-0.2, 0) is 12.8 Å². The molecule has 16 heavy (non-hydrogen) atoms. The summed E-state index contributed by atoms with van der Waals surface area (Å²) in [6.07, 6.45) is 7.01. The molecule has 0 spiro atoms. The molecule has 1 saturated carbocycles. The maximum atomic E-state index is 11.6. The highest BCUT2D eigenvalue weighted by atomic mass is 16.2. The lowest BCUT2D eigenvalue weighted by atomic mass is 9.94. The Morgan fingerprint density at radius 2 is 2.12 bits per heavy atom. The fourth-order valence-electron chi connectivity index (χ4n) is 2.17. The van der Waals surface area contributed by atoms with Crippen molar-refractivity contribution >= 4 is 6.03 Å². The molecule has 1 unspecified atom stereocenters. The minimum absolute atomic E-state index is 0.0181. The van der Waals surface area contributed by atoms with Crippen LogP contribution in [0.1, 0.15) is 30.5 Å². The van der Waals surface area contributed by atoms with Crippen molar-refractivity contribution in [1.29, 1.82) is 0 Å². The summed E-state index contributed by atoms with van der Waals surface area (Å²) >= 11 is 0. The van der Waals surface area contributed by atoms with Crippen molar-refractivity contribution in [3.63, 3.8) is 0 Å². The van der Waals surface area contributed by atoms with E-state index in [1.54, 1.807) is 0 Å². The lowest BCUT2D eigenvalue weighted by Gasteiger charge is -2.22. The number of fused-ring (bicyclic) bond motifs is 1. The number of amides is 2. The van der Waals surface area contributed by atoms with Gasteiger partial charge in [0, 0.05) is 24.2 Å². The van der Waals surface area contributed by atoms with Gasteiger partial charge < -0.3 is 10.6 Å². The molecule has 2 amide bonds. The zero-order valence-corrected chi connectivity index (χ0v) is 9.12. The number of aryl methyl sites for hydroxylation is 1. The van der Waals surface area contributed by atoms with Gasteiger partial charge in [0.2, 0.25) is 0 Å². The fourth-order valence-corrected chi connectivity index (χ4v) is 2.17. The normalized spacial score (nSPS) is 23.6. The van der Waals surface area contributed by atoms with Crippen LogP contribution in [0.4, 0.5) is 4.79 Å². The summed E-state index contributed by atoms with van der Waals surface area (Å²) < 4.78 is 0. The summed E-state index contributed by atoms with van der Waals surface area (Å²) in [5.41, 5.74) is 2.46. The lowest BCUT2D eigenvalue weighted by molar-refractivity contribution is 0.235. The van der Waals surface area contributed by atoms with Gasteiger partial charge >= 0.3 is 6.03 Å². The van der Waals surface area contributed by atoms with Crippen molar-refractivity contribution in [3.8, 4) is 0 Å². The third-order valence-electron chi connectivity index (χ3n) is 3.27. The number of hydrogen-bond acceptors (Lipinski definition) is 2. The third-order valence-corrected chi connectivity index (χ3v) is 3.27. The number of rotatable bonds is 2. The molecule has 3 rings (SSSR count). The average Bonchev–Trinajstić information content (AvgIpc) is 2.95. The number of nitrogens with zero attached hydrogens (tertiary/aromatic N) is 1. The molecule has 5 nitrogen and oxygen atoms in total. The van der Waals surface area contributed by atoms with Crippen molar-refractivity contribution in [2.75, 3.05) is 0 Å². The summed E-state index contributed by atoms with van der Waals surface area (Å²) in [6, 6.07) is 0.647. The van der Waals surface area contributed by atoms with Gasteiger partial charge in [-0.1, -0.05) is 0 Å². The second kappa shape index (κ2) is 3.81. The molecular formula is C11H16N4O. The Morgan fingerprint density at radius 1 is 1.31 bits per heavy atom. The average molecular weight is 220 g/mol. The van der Waals surface area contributed by atoms with Crippen LogP contribution in [0, 0.1) is 0 Å². The van der Waals surface area contributed by atoms with Gasteiger partial charge in [-0.2, -0.15) is 5.10 Å². The number of H-pyrrole nitrogens is 1. The van der Waals surface area contributed by atoms with E-state index in [2.05, 4.69) is 20.8 Å². The molecule has 2 aliphatic rings. The minimum atomic E-state index is -0.0181. The Balaban J connectivity index is 1.55. The van der Waals surface area contributed by atoms with Gasteiger partial charge in [-0.15, -0.1) is 0 Å². The molecule has 0 aliphatic heterocycles. The van der Waals surface area contributed by atoms with E-state index in [0.29, 0.717) is 6.04 Å². The summed E-state index contributed by atoms with van der Waals surface area (Å²) in [7, 11) is 0. The predicted octanol–water partition coefficient (Wildman–Crippen LogP) is 0.729. The number of aromatic amines is 1. The summed E-state index contributed by atoms with van der Waals surface area (Å²) in [5, 5.41) is 13.0. The standard InChI is InChI=1S/C11H16N4O/c16-11(13-8-3-4-8)14-9-2-1-7-6-12-15-10(7)5-9/h6,8-9H,1-5H2,(H,12,15)(H2,13,14,16). The minimum Gasteiger partial charge on any atom is -0.335 e. The Hall–Kier alpha value is -1.52. The molecule has 1 heterocycles. The van der Waals surface area contributed by atoms with E-state index in [1.807, 2.05) is 6.20 Å². The monoisotopic (exact) mass is 220 g/mol. The van der Waals surface area contributed by atoms with Crippen LogP contribution >= 0.6 is 0 Å². The maximum absolute atomic E-state index is 11.6. The molecule has 2 aliphatic carbocycles. The van der Waals surface area contributed by atoms with Crippen LogP contribution in [0.3, 0.4) is 0 Å². The molecule has 5 heteroatoms. The van der Waals surface area contributed by atoms with Crippen LogP contribution in [0.25, 0.3) is 0 Å². The van der Waals surface area contributed by atoms with Gasteiger partial charge in [0.15, 0.2) is 0 Å². The van der Waals surface area contributed by atoms with E-state index >= 15 is 0 Å². The van der Waals surface area contributed by atoms with Gasteiger partial charge in [-0.3, -0.25) is 5.10 Å². The van der Waals surface area contributed by atoms with Crippen molar-refractivity contribution in [3.05, 3.63) is 17.5 Å². The summed E-state index contributed by atoms with van der Waals surface area (Å²) in [6.45, 7) is 0. The first kappa shape index (κ1) is 9.69. The molecular weight excluding hydrogens is 204 g/mol. The summed E-state index contributed by atoms with van der Waals surface area (Å²) in [4.78, 5) is 11.6. The van der Waals surface area contributed by atoms with E-state index in [-0.39, 0.29) is 12.1 Å². The third kappa shape index (κ3) is 2.03. The Kier molecular flexibility index (Phi) is 2.31. The van der Waals surface area contributed by atoms with Crippen LogP contribution in [0.5, 0.6) is 0 Å². The maximum Gasteiger partial charge on any atom is 0.315 e. The van der Waals surface area contributed by atoms with E-state index in [0.717, 1.165) is 32.1 Å². The first-order valence-corrected chi connectivity index (χ1v) is 5.89. The predicted molar refractivity (Wildman–Crippen MR) is 59.1 cm³/mol.